The number of thiazole rings is 1. The van der Waals surface area contributed by atoms with Crippen molar-refractivity contribution in [2.45, 2.75) is 12.8 Å². The van der Waals surface area contributed by atoms with Gasteiger partial charge in [-0.25, -0.2) is 4.98 Å². The molecule has 1 N–H and O–H groups in total. The number of aromatic nitrogens is 2. The Morgan fingerprint density at radius 1 is 1.20 bits per heavy atom. The summed E-state index contributed by atoms with van der Waals surface area (Å²) < 4.78 is 6.59. The van der Waals surface area contributed by atoms with Crippen LogP contribution in [0.4, 0.5) is 5.13 Å². The molecule has 5 nitrogen and oxygen atoms in total. The van der Waals surface area contributed by atoms with Crippen LogP contribution >= 0.6 is 27.3 Å². The highest BCUT2D eigenvalue weighted by Gasteiger charge is 2.08. The topological polar surface area (TPSA) is 64.1 Å². The zero-order valence-corrected chi connectivity index (χ0v) is 15.7. The quantitative estimate of drug-likeness (QED) is 0.562. The monoisotopic (exact) mass is 417 g/mol. The average Bonchev–Trinajstić information content (AvgIpc) is 3.08. The van der Waals surface area contributed by atoms with E-state index in [1.54, 1.807) is 6.20 Å². The van der Waals surface area contributed by atoms with Crippen LogP contribution in [-0.2, 0) is 4.79 Å². The van der Waals surface area contributed by atoms with E-state index in [1.165, 1.54) is 11.3 Å². The van der Waals surface area contributed by atoms with Crippen molar-refractivity contribution in [3.63, 3.8) is 0 Å². The van der Waals surface area contributed by atoms with Crippen LogP contribution < -0.4 is 10.1 Å². The van der Waals surface area contributed by atoms with Gasteiger partial charge in [0.25, 0.3) is 0 Å². The summed E-state index contributed by atoms with van der Waals surface area (Å²) in [5.41, 5.74) is 1.56. The molecule has 2 heterocycles. The van der Waals surface area contributed by atoms with Crippen LogP contribution in [0.25, 0.3) is 11.4 Å². The number of nitrogens with zero attached hydrogens (tertiary/aromatic N) is 2. The molecule has 0 spiro atoms. The summed E-state index contributed by atoms with van der Waals surface area (Å²) in [5.74, 6) is 0.717. The number of carbonyl (C=O) groups excluding carboxylic acids is 1. The highest BCUT2D eigenvalue weighted by molar-refractivity contribution is 9.10. The molecular formula is C18H16BrN3O2S. The molecule has 0 unspecified atom stereocenters. The summed E-state index contributed by atoms with van der Waals surface area (Å²) in [4.78, 5) is 20.6. The maximum absolute atomic E-state index is 12.0. The van der Waals surface area contributed by atoms with Crippen LogP contribution in [0, 0.1) is 0 Å². The number of hydrogen-bond donors (Lipinski definition) is 1. The summed E-state index contributed by atoms with van der Waals surface area (Å²) in [6.07, 6.45) is 2.74. The first kappa shape index (κ1) is 17.6. The van der Waals surface area contributed by atoms with Crippen LogP contribution in [0.15, 0.2) is 58.5 Å². The molecule has 1 amide bonds. The zero-order chi connectivity index (χ0) is 17.5. The molecule has 3 aromatic rings. The molecule has 3 rings (SSSR count). The van der Waals surface area contributed by atoms with Crippen molar-refractivity contribution in [3.8, 4) is 17.1 Å². The Morgan fingerprint density at radius 3 is 2.92 bits per heavy atom. The van der Waals surface area contributed by atoms with Gasteiger partial charge in [0, 0.05) is 22.5 Å². The van der Waals surface area contributed by atoms with E-state index < -0.39 is 0 Å². The van der Waals surface area contributed by atoms with Gasteiger partial charge in [-0.15, -0.1) is 11.3 Å². The number of rotatable bonds is 7. The first-order chi connectivity index (χ1) is 12.2. The third-order valence-corrected chi connectivity index (χ3v) is 4.54. The maximum Gasteiger partial charge on any atom is 0.226 e. The molecule has 0 aliphatic heterocycles. The molecule has 7 heteroatoms. The number of nitrogens with one attached hydrogen (secondary N) is 1. The predicted octanol–water partition coefficient (Wildman–Crippen LogP) is 4.77. The molecule has 0 saturated heterocycles. The van der Waals surface area contributed by atoms with E-state index in [2.05, 4.69) is 31.2 Å². The number of amides is 1. The number of carbonyl (C=O) groups is 1. The molecular weight excluding hydrogens is 402 g/mol. The van der Waals surface area contributed by atoms with Crippen LogP contribution in [0.2, 0.25) is 0 Å². The Hall–Kier alpha value is -2.25. The molecule has 0 bridgehead atoms. The minimum atomic E-state index is -0.0697. The first-order valence-corrected chi connectivity index (χ1v) is 9.43. The molecule has 2 aromatic heterocycles. The van der Waals surface area contributed by atoms with Gasteiger partial charge >= 0.3 is 0 Å². The van der Waals surface area contributed by atoms with Gasteiger partial charge < -0.3 is 10.1 Å². The SMILES string of the molecule is O=C(CCCOc1cccc(Br)c1)Nc1nc(-c2ccccn2)cs1. The predicted molar refractivity (Wildman–Crippen MR) is 103 cm³/mol. The van der Waals surface area contributed by atoms with E-state index in [-0.39, 0.29) is 5.91 Å². The number of halogens is 1. The first-order valence-electron chi connectivity index (χ1n) is 7.76. The van der Waals surface area contributed by atoms with Crippen molar-refractivity contribution in [2.75, 3.05) is 11.9 Å². The van der Waals surface area contributed by atoms with Gasteiger partial charge in [0.05, 0.1) is 12.3 Å². The summed E-state index contributed by atoms with van der Waals surface area (Å²) in [7, 11) is 0. The minimum Gasteiger partial charge on any atom is -0.494 e. The Kier molecular flexibility index (Phi) is 6.14. The van der Waals surface area contributed by atoms with Crippen LogP contribution in [0.1, 0.15) is 12.8 Å². The molecule has 1 aromatic carbocycles. The molecule has 0 saturated carbocycles. The van der Waals surface area contributed by atoms with Gasteiger partial charge in [-0.3, -0.25) is 9.78 Å². The fraction of sp³-hybridized carbons (Fsp3) is 0.167. The van der Waals surface area contributed by atoms with Crippen molar-refractivity contribution in [1.82, 2.24) is 9.97 Å². The second kappa shape index (κ2) is 8.73. The lowest BCUT2D eigenvalue weighted by atomic mass is 10.3. The van der Waals surface area contributed by atoms with E-state index in [4.69, 9.17) is 4.74 Å². The van der Waals surface area contributed by atoms with Crippen LogP contribution in [0.5, 0.6) is 5.75 Å². The maximum atomic E-state index is 12.0. The van der Waals surface area contributed by atoms with E-state index in [0.717, 1.165) is 21.6 Å². The fourth-order valence-corrected chi connectivity index (χ4v) is 3.22. The Labute approximate surface area is 158 Å². The van der Waals surface area contributed by atoms with Gasteiger partial charge in [-0.05, 0) is 36.8 Å². The highest BCUT2D eigenvalue weighted by Crippen LogP contribution is 2.23. The number of anilines is 1. The molecule has 0 fully saturated rings. The lowest BCUT2D eigenvalue weighted by molar-refractivity contribution is -0.116. The second-order valence-corrected chi connectivity index (χ2v) is 6.98. The van der Waals surface area contributed by atoms with Crippen molar-refractivity contribution >= 4 is 38.3 Å². The van der Waals surface area contributed by atoms with E-state index >= 15 is 0 Å². The van der Waals surface area contributed by atoms with Gasteiger partial charge in [0.1, 0.15) is 11.4 Å². The number of hydrogen-bond acceptors (Lipinski definition) is 5. The smallest absolute Gasteiger partial charge is 0.226 e. The molecule has 0 atom stereocenters. The van der Waals surface area contributed by atoms with Gasteiger partial charge in [0.2, 0.25) is 5.91 Å². The van der Waals surface area contributed by atoms with E-state index in [1.807, 2.05) is 47.8 Å². The zero-order valence-electron chi connectivity index (χ0n) is 13.3. The van der Waals surface area contributed by atoms with Crippen LogP contribution in [-0.4, -0.2) is 22.5 Å². The largest absolute Gasteiger partial charge is 0.494 e. The summed E-state index contributed by atoms with van der Waals surface area (Å²) >= 11 is 4.79. The van der Waals surface area contributed by atoms with Crippen molar-refractivity contribution < 1.29 is 9.53 Å². The molecule has 0 aliphatic carbocycles. The number of benzene rings is 1. The average molecular weight is 418 g/mol. The molecule has 128 valence electrons. The lowest BCUT2D eigenvalue weighted by Crippen LogP contribution is -2.12. The highest BCUT2D eigenvalue weighted by atomic mass is 79.9. The Bertz CT molecular complexity index is 839. The van der Waals surface area contributed by atoms with E-state index in [0.29, 0.717) is 24.6 Å². The Morgan fingerprint density at radius 2 is 2.12 bits per heavy atom. The third-order valence-electron chi connectivity index (χ3n) is 3.29. The minimum absolute atomic E-state index is 0.0697. The number of pyridine rings is 1. The molecule has 25 heavy (non-hydrogen) atoms. The van der Waals surface area contributed by atoms with Crippen molar-refractivity contribution in [1.29, 1.82) is 0 Å². The van der Waals surface area contributed by atoms with Gasteiger partial charge in [-0.2, -0.15) is 0 Å². The lowest BCUT2D eigenvalue weighted by Gasteiger charge is -2.06. The fourth-order valence-electron chi connectivity index (χ4n) is 2.12. The summed E-state index contributed by atoms with van der Waals surface area (Å²) in [6, 6.07) is 13.3. The second-order valence-electron chi connectivity index (χ2n) is 5.21. The normalized spacial score (nSPS) is 10.4. The molecule has 0 aliphatic rings. The Balaban J connectivity index is 1.43. The van der Waals surface area contributed by atoms with Crippen molar-refractivity contribution in [2.24, 2.45) is 0 Å². The summed E-state index contributed by atoms with van der Waals surface area (Å²) in [6.45, 7) is 0.487. The van der Waals surface area contributed by atoms with Gasteiger partial charge in [0.15, 0.2) is 5.13 Å². The van der Waals surface area contributed by atoms with Crippen molar-refractivity contribution in [3.05, 3.63) is 58.5 Å². The van der Waals surface area contributed by atoms with E-state index in [9.17, 15) is 4.79 Å². The summed E-state index contributed by atoms with van der Waals surface area (Å²) in [5, 5.41) is 5.28. The third kappa shape index (κ3) is 5.37. The standard InChI is InChI=1S/C18H16BrN3O2S/c19-13-5-3-6-14(11-13)24-10-4-8-17(23)22-18-21-16(12-25-18)15-7-1-2-9-20-15/h1-3,5-7,9,11-12H,4,8,10H2,(H,21,22,23). The number of ether oxygens (including phenoxy) is 1. The van der Waals surface area contributed by atoms with Crippen LogP contribution in [0.3, 0.4) is 0 Å². The van der Waals surface area contributed by atoms with Gasteiger partial charge in [-0.1, -0.05) is 28.1 Å². The molecule has 0 radical (unpaired) electrons.